The summed E-state index contributed by atoms with van der Waals surface area (Å²) in [6.45, 7) is 12.4. The molecule has 0 unspecified atom stereocenters. The fourth-order valence-corrected chi connectivity index (χ4v) is 3.13. The number of hydrogen-bond acceptors (Lipinski definition) is 5. The van der Waals surface area contributed by atoms with E-state index < -0.39 is 14.1 Å². The summed E-state index contributed by atoms with van der Waals surface area (Å²) in [5.74, 6) is 0.123. The minimum absolute atomic E-state index is 0.0518. The lowest BCUT2D eigenvalue weighted by molar-refractivity contribution is -0.422. The Morgan fingerprint density at radius 3 is 2.30 bits per heavy atom. The summed E-state index contributed by atoms with van der Waals surface area (Å²) in [5, 5.41) is 1.47. The molecule has 1 saturated heterocycles. The molecule has 2 atom stereocenters. The third kappa shape index (κ3) is 4.35. The summed E-state index contributed by atoms with van der Waals surface area (Å²) in [4.78, 5) is 5.91. The van der Waals surface area contributed by atoms with Crippen LogP contribution in [-0.2, 0) is 14.1 Å². The van der Waals surface area contributed by atoms with Crippen molar-refractivity contribution in [3.05, 3.63) is 42.1 Å². The molecule has 0 aliphatic carbocycles. The van der Waals surface area contributed by atoms with Crippen LogP contribution >= 0.6 is 0 Å². The lowest BCUT2D eigenvalue weighted by atomic mass is 9.88. The third-order valence-electron chi connectivity index (χ3n) is 3.79. The summed E-state index contributed by atoms with van der Waals surface area (Å²) < 4.78 is 16.8. The van der Waals surface area contributed by atoms with E-state index in [-0.39, 0.29) is 5.92 Å². The molecule has 1 aliphatic heterocycles. The van der Waals surface area contributed by atoms with Crippen molar-refractivity contribution < 1.29 is 18.8 Å². The summed E-state index contributed by atoms with van der Waals surface area (Å²) in [5.41, 5.74) is 1.92. The molecule has 5 nitrogen and oxygen atoms in total. The van der Waals surface area contributed by atoms with Crippen molar-refractivity contribution in [2.45, 2.75) is 44.7 Å². The number of rotatable bonds is 5. The molecule has 0 spiro atoms. The van der Waals surface area contributed by atoms with Crippen LogP contribution in [0.4, 0.5) is 0 Å². The standard InChI is InChI=1S/C17H27NO4Si/c1-13-16(14-8-10-15(19-3)11-9-14)12-17(2,20-4)21-18(13)22-23(5,6)7/h8-11,16H,1,12H2,2-7H3/t16-,17+/m1/s1. The van der Waals surface area contributed by atoms with E-state index in [2.05, 4.69) is 26.2 Å². The van der Waals surface area contributed by atoms with Crippen LogP contribution in [0.3, 0.4) is 0 Å². The largest absolute Gasteiger partial charge is 0.497 e. The average molecular weight is 337 g/mol. The molecular weight excluding hydrogens is 310 g/mol. The van der Waals surface area contributed by atoms with Gasteiger partial charge in [0.05, 0.1) is 12.8 Å². The maximum absolute atomic E-state index is 6.03. The zero-order valence-electron chi connectivity index (χ0n) is 14.9. The van der Waals surface area contributed by atoms with Crippen LogP contribution < -0.4 is 4.74 Å². The SMILES string of the molecule is C=C1[C@H](c2ccc(OC)cc2)C[C@@](C)(OC)ON1O[Si](C)(C)C. The smallest absolute Gasteiger partial charge is 0.223 e. The Morgan fingerprint density at radius 2 is 1.83 bits per heavy atom. The van der Waals surface area contributed by atoms with Gasteiger partial charge in [0.1, 0.15) is 5.75 Å². The Kier molecular flexibility index (Phi) is 5.20. The van der Waals surface area contributed by atoms with Gasteiger partial charge in [-0.2, -0.15) is 0 Å². The van der Waals surface area contributed by atoms with Crippen LogP contribution in [0.5, 0.6) is 5.75 Å². The Balaban J connectivity index is 2.30. The van der Waals surface area contributed by atoms with Crippen molar-refractivity contribution in [3.8, 4) is 5.75 Å². The first kappa shape index (κ1) is 18.0. The Labute approximate surface area is 139 Å². The van der Waals surface area contributed by atoms with Crippen LogP contribution in [-0.4, -0.2) is 33.6 Å². The first-order chi connectivity index (χ1) is 10.7. The van der Waals surface area contributed by atoms with Gasteiger partial charge in [-0.3, -0.25) is 4.53 Å². The highest BCUT2D eigenvalue weighted by Crippen LogP contribution is 2.42. The van der Waals surface area contributed by atoms with Crippen LogP contribution in [0.1, 0.15) is 24.8 Å². The molecule has 128 valence electrons. The van der Waals surface area contributed by atoms with Crippen molar-refractivity contribution in [1.82, 2.24) is 5.23 Å². The molecule has 0 aromatic heterocycles. The Morgan fingerprint density at radius 1 is 1.22 bits per heavy atom. The van der Waals surface area contributed by atoms with E-state index >= 15 is 0 Å². The number of benzene rings is 1. The van der Waals surface area contributed by atoms with E-state index in [0.29, 0.717) is 6.42 Å². The summed E-state index contributed by atoms with van der Waals surface area (Å²) in [6.07, 6.45) is 0.667. The van der Waals surface area contributed by atoms with Crippen molar-refractivity contribution in [1.29, 1.82) is 0 Å². The molecule has 1 aromatic rings. The Hall–Kier alpha value is -1.34. The van der Waals surface area contributed by atoms with E-state index in [4.69, 9.17) is 18.8 Å². The molecule has 0 N–H and O–H groups in total. The van der Waals surface area contributed by atoms with Crippen LogP contribution in [0, 0.1) is 0 Å². The molecule has 1 aromatic carbocycles. The van der Waals surface area contributed by atoms with E-state index in [1.54, 1.807) is 14.2 Å². The predicted octanol–water partition coefficient (Wildman–Crippen LogP) is 4.06. The fraction of sp³-hybridized carbons (Fsp3) is 0.529. The first-order valence-corrected chi connectivity index (χ1v) is 11.1. The van der Waals surface area contributed by atoms with Gasteiger partial charge in [0, 0.05) is 19.4 Å². The molecule has 0 amide bonds. The maximum Gasteiger partial charge on any atom is 0.223 e. The molecule has 0 bridgehead atoms. The second-order valence-electron chi connectivity index (χ2n) is 6.91. The average Bonchev–Trinajstić information content (AvgIpc) is 2.49. The minimum Gasteiger partial charge on any atom is -0.497 e. The molecule has 0 radical (unpaired) electrons. The van der Waals surface area contributed by atoms with Crippen molar-refractivity contribution >= 4 is 8.32 Å². The predicted molar refractivity (Wildman–Crippen MR) is 92.3 cm³/mol. The monoisotopic (exact) mass is 337 g/mol. The fourth-order valence-electron chi connectivity index (χ4n) is 2.48. The summed E-state index contributed by atoms with van der Waals surface area (Å²) in [7, 11) is 1.46. The van der Waals surface area contributed by atoms with E-state index in [1.807, 2.05) is 31.2 Å². The molecular formula is C17H27NO4Si. The Bertz CT molecular complexity index is 555. The highest BCUT2D eigenvalue weighted by atomic mass is 28.4. The first-order valence-electron chi connectivity index (χ1n) is 7.74. The topological polar surface area (TPSA) is 40.2 Å². The van der Waals surface area contributed by atoms with Gasteiger partial charge in [-0.1, -0.05) is 18.7 Å². The van der Waals surface area contributed by atoms with Crippen LogP contribution in [0.15, 0.2) is 36.5 Å². The lowest BCUT2D eigenvalue weighted by Crippen LogP contribution is -2.49. The van der Waals surface area contributed by atoms with Crippen molar-refractivity contribution in [3.63, 3.8) is 0 Å². The number of methoxy groups -OCH3 is 2. The van der Waals surface area contributed by atoms with E-state index in [0.717, 1.165) is 17.0 Å². The van der Waals surface area contributed by atoms with Gasteiger partial charge in [0.15, 0.2) is 5.79 Å². The molecule has 23 heavy (non-hydrogen) atoms. The number of nitrogens with zero attached hydrogens (tertiary/aromatic N) is 1. The summed E-state index contributed by atoms with van der Waals surface area (Å²) in [6, 6.07) is 7.99. The highest BCUT2D eigenvalue weighted by molar-refractivity contribution is 6.69. The zero-order valence-corrected chi connectivity index (χ0v) is 15.9. The molecule has 0 saturated carbocycles. The van der Waals surface area contributed by atoms with E-state index in [1.165, 1.54) is 5.23 Å². The quantitative estimate of drug-likeness (QED) is 0.758. The normalized spacial score (nSPS) is 25.6. The second-order valence-corrected chi connectivity index (χ2v) is 11.3. The van der Waals surface area contributed by atoms with Crippen molar-refractivity contribution in [2.24, 2.45) is 0 Å². The highest BCUT2D eigenvalue weighted by Gasteiger charge is 2.42. The maximum atomic E-state index is 6.03. The van der Waals surface area contributed by atoms with Gasteiger partial charge in [0.25, 0.3) is 0 Å². The second kappa shape index (κ2) is 6.65. The molecule has 6 heteroatoms. The molecule has 1 fully saturated rings. The molecule has 1 aliphatic rings. The number of allylic oxidation sites excluding steroid dienone is 1. The van der Waals surface area contributed by atoms with Gasteiger partial charge < -0.3 is 9.47 Å². The number of hydrogen-bond donors (Lipinski definition) is 0. The van der Waals surface area contributed by atoms with Crippen molar-refractivity contribution in [2.75, 3.05) is 14.2 Å². The van der Waals surface area contributed by atoms with Gasteiger partial charge in [-0.15, -0.1) is 5.23 Å². The lowest BCUT2D eigenvalue weighted by Gasteiger charge is -2.45. The van der Waals surface area contributed by atoms with Gasteiger partial charge in [-0.05, 0) is 44.3 Å². The number of ether oxygens (including phenoxy) is 2. The van der Waals surface area contributed by atoms with E-state index in [9.17, 15) is 0 Å². The minimum atomic E-state index is -1.84. The molecule has 2 rings (SSSR count). The van der Waals surface area contributed by atoms with Crippen LogP contribution in [0.2, 0.25) is 19.6 Å². The third-order valence-corrected chi connectivity index (χ3v) is 4.51. The molecule has 1 heterocycles. The van der Waals surface area contributed by atoms with Gasteiger partial charge >= 0.3 is 0 Å². The van der Waals surface area contributed by atoms with Gasteiger partial charge in [0.2, 0.25) is 8.32 Å². The van der Waals surface area contributed by atoms with Crippen LogP contribution in [0.25, 0.3) is 0 Å². The number of hydroxylamine groups is 2. The zero-order chi connectivity index (χ0) is 17.3. The summed E-state index contributed by atoms with van der Waals surface area (Å²) >= 11 is 0. The van der Waals surface area contributed by atoms with Gasteiger partial charge in [-0.25, -0.2) is 4.84 Å².